The minimum Gasteiger partial charge on any atom is -0.494 e. The molecule has 0 radical (unpaired) electrons. The van der Waals surface area contributed by atoms with Crippen molar-refractivity contribution in [3.05, 3.63) is 29.8 Å². The molecule has 0 aliphatic rings. The van der Waals surface area contributed by atoms with E-state index in [0.29, 0.717) is 13.2 Å². The SMILES string of the molecule is CCCNC(C(=O)O)c1ccc(OCCC)cc1. The maximum absolute atomic E-state index is 11.2. The Hall–Kier alpha value is -1.55. The second-order valence-corrected chi connectivity index (χ2v) is 4.14. The molecular formula is C14H21NO3. The van der Waals surface area contributed by atoms with Gasteiger partial charge in [0.2, 0.25) is 0 Å². The molecule has 1 aromatic rings. The minimum absolute atomic E-state index is 0.648. The largest absolute Gasteiger partial charge is 0.494 e. The van der Waals surface area contributed by atoms with Gasteiger partial charge in [0.05, 0.1) is 6.61 Å². The van der Waals surface area contributed by atoms with Crippen molar-refractivity contribution in [2.45, 2.75) is 32.7 Å². The van der Waals surface area contributed by atoms with Crippen molar-refractivity contribution in [2.75, 3.05) is 13.2 Å². The monoisotopic (exact) mass is 251 g/mol. The van der Waals surface area contributed by atoms with Crippen LogP contribution in [0.1, 0.15) is 38.3 Å². The molecule has 1 rings (SSSR count). The van der Waals surface area contributed by atoms with E-state index in [9.17, 15) is 9.90 Å². The molecule has 0 aromatic heterocycles. The number of benzene rings is 1. The molecule has 2 N–H and O–H groups in total. The highest BCUT2D eigenvalue weighted by molar-refractivity contribution is 5.75. The van der Waals surface area contributed by atoms with Crippen LogP contribution < -0.4 is 10.1 Å². The number of carboxylic acid groups (broad SMARTS) is 1. The number of hydrogen-bond acceptors (Lipinski definition) is 3. The van der Waals surface area contributed by atoms with Gasteiger partial charge in [0.1, 0.15) is 11.8 Å². The van der Waals surface area contributed by atoms with E-state index in [0.717, 1.165) is 24.2 Å². The van der Waals surface area contributed by atoms with Crippen LogP contribution >= 0.6 is 0 Å². The summed E-state index contributed by atoms with van der Waals surface area (Å²) >= 11 is 0. The van der Waals surface area contributed by atoms with E-state index < -0.39 is 12.0 Å². The van der Waals surface area contributed by atoms with E-state index in [2.05, 4.69) is 5.32 Å². The average Bonchev–Trinajstić information content (AvgIpc) is 2.38. The standard InChI is InChI=1S/C14H21NO3/c1-3-9-15-13(14(16)17)11-5-7-12(8-6-11)18-10-4-2/h5-8,13,15H,3-4,9-10H2,1-2H3,(H,16,17). The molecule has 0 spiro atoms. The first-order valence-electron chi connectivity index (χ1n) is 6.38. The Morgan fingerprint density at radius 1 is 1.28 bits per heavy atom. The molecular weight excluding hydrogens is 230 g/mol. The van der Waals surface area contributed by atoms with E-state index in [1.54, 1.807) is 12.1 Å². The molecule has 4 heteroatoms. The first-order valence-corrected chi connectivity index (χ1v) is 6.38. The lowest BCUT2D eigenvalue weighted by molar-refractivity contribution is -0.139. The topological polar surface area (TPSA) is 58.6 Å². The van der Waals surface area contributed by atoms with Crippen LogP contribution in [0.2, 0.25) is 0 Å². The predicted octanol–water partition coefficient (Wildman–Crippen LogP) is 2.60. The highest BCUT2D eigenvalue weighted by Gasteiger charge is 2.18. The van der Waals surface area contributed by atoms with Crippen LogP contribution in [-0.2, 0) is 4.79 Å². The zero-order valence-electron chi connectivity index (χ0n) is 11.0. The Morgan fingerprint density at radius 2 is 1.94 bits per heavy atom. The fraction of sp³-hybridized carbons (Fsp3) is 0.500. The smallest absolute Gasteiger partial charge is 0.325 e. The zero-order chi connectivity index (χ0) is 13.4. The molecule has 100 valence electrons. The highest BCUT2D eigenvalue weighted by Crippen LogP contribution is 2.18. The number of nitrogens with one attached hydrogen (secondary N) is 1. The molecule has 0 saturated carbocycles. The van der Waals surface area contributed by atoms with Gasteiger partial charge in [-0.05, 0) is 37.1 Å². The Balaban J connectivity index is 2.70. The molecule has 0 aliphatic heterocycles. The van der Waals surface area contributed by atoms with Gasteiger partial charge >= 0.3 is 5.97 Å². The van der Waals surface area contributed by atoms with E-state index in [4.69, 9.17) is 4.74 Å². The molecule has 0 amide bonds. The van der Waals surface area contributed by atoms with Crippen molar-refractivity contribution in [1.82, 2.24) is 5.32 Å². The quantitative estimate of drug-likeness (QED) is 0.745. The second kappa shape index (κ2) is 7.71. The van der Waals surface area contributed by atoms with Crippen molar-refractivity contribution in [1.29, 1.82) is 0 Å². The minimum atomic E-state index is -0.856. The first-order chi connectivity index (χ1) is 8.69. The zero-order valence-corrected chi connectivity index (χ0v) is 11.0. The van der Waals surface area contributed by atoms with Crippen LogP contribution in [0.4, 0.5) is 0 Å². The van der Waals surface area contributed by atoms with Crippen LogP contribution in [0.15, 0.2) is 24.3 Å². The number of rotatable bonds is 8. The maximum atomic E-state index is 11.2. The second-order valence-electron chi connectivity index (χ2n) is 4.14. The fourth-order valence-corrected chi connectivity index (χ4v) is 1.61. The van der Waals surface area contributed by atoms with Crippen LogP contribution in [0, 0.1) is 0 Å². The summed E-state index contributed by atoms with van der Waals surface area (Å²) in [6.45, 7) is 5.41. The normalized spacial score (nSPS) is 12.1. The third kappa shape index (κ3) is 4.37. The van der Waals surface area contributed by atoms with Gasteiger partial charge in [-0.3, -0.25) is 4.79 Å². The van der Waals surface area contributed by atoms with E-state index in [1.807, 2.05) is 26.0 Å². The number of aliphatic carboxylic acids is 1. The van der Waals surface area contributed by atoms with Gasteiger partial charge in [0, 0.05) is 0 Å². The Bertz CT molecular complexity index is 362. The summed E-state index contributed by atoms with van der Waals surface area (Å²) < 4.78 is 5.46. The van der Waals surface area contributed by atoms with Crippen LogP contribution in [-0.4, -0.2) is 24.2 Å². The number of carbonyl (C=O) groups is 1. The number of ether oxygens (including phenoxy) is 1. The van der Waals surface area contributed by atoms with Crippen LogP contribution in [0.5, 0.6) is 5.75 Å². The van der Waals surface area contributed by atoms with Gasteiger partial charge in [0.15, 0.2) is 0 Å². The van der Waals surface area contributed by atoms with E-state index in [-0.39, 0.29) is 0 Å². The van der Waals surface area contributed by atoms with Crippen molar-refractivity contribution in [3.63, 3.8) is 0 Å². The maximum Gasteiger partial charge on any atom is 0.325 e. The van der Waals surface area contributed by atoms with Crippen LogP contribution in [0.3, 0.4) is 0 Å². The molecule has 1 unspecified atom stereocenters. The molecule has 1 atom stereocenters. The van der Waals surface area contributed by atoms with Gasteiger partial charge in [-0.15, -0.1) is 0 Å². The van der Waals surface area contributed by atoms with Gasteiger partial charge < -0.3 is 15.2 Å². The molecule has 0 saturated heterocycles. The third-order valence-corrected chi connectivity index (χ3v) is 2.53. The summed E-state index contributed by atoms with van der Waals surface area (Å²) in [5.74, 6) is -0.0779. The van der Waals surface area contributed by atoms with E-state index in [1.165, 1.54) is 0 Å². The average molecular weight is 251 g/mol. The first kappa shape index (κ1) is 14.5. The van der Waals surface area contributed by atoms with Gasteiger partial charge in [-0.1, -0.05) is 26.0 Å². The summed E-state index contributed by atoms with van der Waals surface area (Å²) in [6.07, 6.45) is 1.86. The lowest BCUT2D eigenvalue weighted by Crippen LogP contribution is -2.28. The predicted molar refractivity (Wildman–Crippen MR) is 70.9 cm³/mol. The summed E-state index contributed by atoms with van der Waals surface area (Å²) in [5, 5.41) is 12.2. The molecule has 0 heterocycles. The molecule has 1 aromatic carbocycles. The van der Waals surface area contributed by atoms with Crippen molar-refractivity contribution < 1.29 is 14.6 Å². The molecule has 4 nitrogen and oxygen atoms in total. The lowest BCUT2D eigenvalue weighted by Gasteiger charge is -2.14. The number of hydrogen-bond donors (Lipinski definition) is 2. The lowest BCUT2D eigenvalue weighted by atomic mass is 10.1. The van der Waals surface area contributed by atoms with E-state index >= 15 is 0 Å². The summed E-state index contributed by atoms with van der Waals surface area (Å²) in [4.78, 5) is 11.2. The van der Waals surface area contributed by atoms with Crippen LogP contribution in [0.25, 0.3) is 0 Å². The van der Waals surface area contributed by atoms with Crippen molar-refractivity contribution >= 4 is 5.97 Å². The van der Waals surface area contributed by atoms with Gasteiger partial charge in [-0.2, -0.15) is 0 Å². The summed E-state index contributed by atoms with van der Waals surface area (Å²) in [6, 6.07) is 6.58. The molecule has 0 bridgehead atoms. The summed E-state index contributed by atoms with van der Waals surface area (Å²) in [7, 11) is 0. The van der Waals surface area contributed by atoms with Crippen molar-refractivity contribution in [2.24, 2.45) is 0 Å². The van der Waals surface area contributed by atoms with Gasteiger partial charge in [-0.25, -0.2) is 0 Å². The Kier molecular flexibility index (Phi) is 6.22. The Morgan fingerprint density at radius 3 is 2.44 bits per heavy atom. The molecule has 18 heavy (non-hydrogen) atoms. The highest BCUT2D eigenvalue weighted by atomic mass is 16.5. The summed E-state index contributed by atoms with van der Waals surface area (Å²) in [5.41, 5.74) is 0.750. The molecule has 0 aliphatic carbocycles. The fourth-order valence-electron chi connectivity index (χ4n) is 1.61. The van der Waals surface area contributed by atoms with Crippen molar-refractivity contribution in [3.8, 4) is 5.75 Å². The van der Waals surface area contributed by atoms with Gasteiger partial charge in [0.25, 0.3) is 0 Å². The Labute approximate surface area is 108 Å². The number of carboxylic acids is 1. The third-order valence-electron chi connectivity index (χ3n) is 2.53. The molecule has 0 fully saturated rings.